The number of methoxy groups -OCH3 is 2. The van der Waals surface area contributed by atoms with Gasteiger partial charge in [0.15, 0.2) is 11.5 Å². The summed E-state index contributed by atoms with van der Waals surface area (Å²) < 4.78 is 10.8. The molecule has 1 heterocycles. The van der Waals surface area contributed by atoms with Gasteiger partial charge in [0, 0.05) is 6.54 Å². The number of hydrogen-bond acceptors (Lipinski definition) is 3. The average molecular weight is 332 g/mol. The summed E-state index contributed by atoms with van der Waals surface area (Å²) in [4.78, 5) is 0. The summed E-state index contributed by atoms with van der Waals surface area (Å²) in [5.74, 6) is 1.58. The Balaban J connectivity index is 0.00000192. The third kappa shape index (κ3) is 3.87. The van der Waals surface area contributed by atoms with Gasteiger partial charge in [0.05, 0.1) is 20.3 Å². The van der Waals surface area contributed by atoms with E-state index in [1.807, 2.05) is 6.07 Å². The van der Waals surface area contributed by atoms with Crippen LogP contribution in [0.1, 0.15) is 22.7 Å². The zero-order chi connectivity index (χ0) is 15.4. The van der Waals surface area contributed by atoms with Gasteiger partial charge >= 0.3 is 0 Å². The Morgan fingerprint density at radius 1 is 1.04 bits per heavy atom. The van der Waals surface area contributed by atoms with Crippen LogP contribution in [0.5, 0.6) is 11.5 Å². The molecule has 1 atom stereocenters. The number of ether oxygens (including phenoxy) is 2. The highest BCUT2D eigenvalue weighted by Gasteiger charge is 2.20. The van der Waals surface area contributed by atoms with Crippen molar-refractivity contribution in [3.63, 3.8) is 0 Å². The molecule has 0 radical (unpaired) electrons. The highest BCUT2D eigenvalue weighted by Crippen LogP contribution is 2.35. The number of fused-ring (bicyclic) bond motifs is 1. The molecule has 4 heteroatoms. The maximum Gasteiger partial charge on any atom is 0.161 e. The van der Waals surface area contributed by atoms with Gasteiger partial charge in [-0.15, -0.1) is 12.4 Å². The molecule has 0 aromatic heterocycles. The molecule has 1 aliphatic rings. The van der Waals surface area contributed by atoms with Crippen LogP contribution in [-0.2, 0) is 6.42 Å². The van der Waals surface area contributed by atoms with Gasteiger partial charge in [0.2, 0.25) is 0 Å². The lowest BCUT2D eigenvalue weighted by atomic mass is 9.93. The first-order valence-electron chi connectivity index (χ1n) is 7.53. The zero-order valence-electron chi connectivity index (χ0n) is 13.4. The molecule has 3 rings (SSSR count). The predicted molar refractivity (Wildman–Crippen MR) is 96.7 cm³/mol. The van der Waals surface area contributed by atoms with Gasteiger partial charge < -0.3 is 14.8 Å². The fraction of sp³-hybridized carbons (Fsp3) is 0.263. The van der Waals surface area contributed by atoms with Crippen molar-refractivity contribution in [3.05, 3.63) is 65.2 Å². The van der Waals surface area contributed by atoms with E-state index in [4.69, 9.17) is 9.47 Å². The van der Waals surface area contributed by atoms with Gasteiger partial charge in [0.1, 0.15) is 0 Å². The number of rotatable bonds is 4. The van der Waals surface area contributed by atoms with Gasteiger partial charge in [0.25, 0.3) is 0 Å². The summed E-state index contributed by atoms with van der Waals surface area (Å²) in [6.45, 7) is 0.965. The van der Waals surface area contributed by atoms with Crippen LogP contribution >= 0.6 is 12.4 Å². The second kappa shape index (κ2) is 8.04. The van der Waals surface area contributed by atoms with Crippen LogP contribution < -0.4 is 14.8 Å². The standard InChI is InChI=1S/C19H21NO2.ClH/c1-21-18-12-15-10-11-20-17(16(15)13-19(18)22-2)9-8-14-6-4-3-5-7-14;/h3-9,12-13,17,20H,10-11H2,1-2H3;1H. The van der Waals surface area contributed by atoms with Crippen molar-refractivity contribution in [1.82, 2.24) is 5.32 Å². The molecule has 0 saturated heterocycles. The monoisotopic (exact) mass is 331 g/mol. The fourth-order valence-corrected chi connectivity index (χ4v) is 2.86. The van der Waals surface area contributed by atoms with E-state index in [0.29, 0.717) is 0 Å². The van der Waals surface area contributed by atoms with Crippen LogP contribution in [0, 0.1) is 0 Å². The first-order valence-corrected chi connectivity index (χ1v) is 7.53. The molecule has 1 N–H and O–H groups in total. The quantitative estimate of drug-likeness (QED) is 0.917. The number of halogens is 1. The largest absolute Gasteiger partial charge is 0.493 e. The molecule has 2 aromatic rings. The van der Waals surface area contributed by atoms with E-state index in [-0.39, 0.29) is 18.4 Å². The Bertz CT molecular complexity index is 671. The smallest absolute Gasteiger partial charge is 0.161 e. The first kappa shape index (κ1) is 17.4. The average Bonchev–Trinajstić information content (AvgIpc) is 2.59. The summed E-state index contributed by atoms with van der Waals surface area (Å²) in [5, 5.41) is 3.55. The van der Waals surface area contributed by atoms with Crippen molar-refractivity contribution in [2.24, 2.45) is 0 Å². The highest BCUT2D eigenvalue weighted by molar-refractivity contribution is 5.85. The third-order valence-electron chi connectivity index (χ3n) is 4.02. The molecular weight excluding hydrogens is 310 g/mol. The molecule has 0 amide bonds. The van der Waals surface area contributed by atoms with E-state index < -0.39 is 0 Å². The minimum absolute atomic E-state index is 0. The normalized spacial score (nSPS) is 16.5. The van der Waals surface area contributed by atoms with Gasteiger partial charge in [-0.25, -0.2) is 0 Å². The second-order valence-corrected chi connectivity index (χ2v) is 5.36. The summed E-state index contributed by atoms with van der Waals surface area (Å²) in [6.07, 6.45) is 5.37. The lowest BCUT2D eigenvalue weighted by Crippen LogP contribution is -2.28. The van der Waals surface area contributed by atoms with Crippen molar-refractivity contribution in [2.45, 2.75) is 12.5 Å². The zero-order valence-corrected chi connectivity index (χ0v) is 14.2. The van der Waals surface area contributed by atoms with Gasteiger partial charge in [-0.1, -0.05) is 42.5 Å². The lowest BCUT2D eigenvalue weighted by Gasteiger charge is -2.26. The van der Waals surface area contributed by atoms with Crippen molar-refractivity contribution < 1.29 is 9.47 Å². The Morgan fingerprint density at radius 3 is 2.43 bits per heavy atom. The molecule has 1 unspecified atom stereocenters. The molecular formula is C19H22ClNO2. The van der Waals surface area contributed by atoms with Crippen LogP contribution in [0.2, 0.25) is 0 Å². The molecule has 0 aliphatic carbocycles. The maximum absolute atomic E-state index is 5.44. The Labute approximate surface area is 143 Å². The Kier molecular flexibility index (Phi) is 6.08. The Hall–Kier alpha value is -1.97. The van der Waals surface area contributed by atoms with Gasteiger partial charge in [-0.2, -0.15) is 0 Å². The van der Waals surface area contributed by atoms with E-state index >= 15 is 0 Å². The fourth-order valence-electron chi connectivity index (χ4n) is 2.86. The Morgan fingerprint density at radius 2 is 1.74 bits per heavy atom. The van der Waals surface area contributed by atoms with E-state index in [2.05, 4.69) is 53.9 Å². The van der Waals surface area contributed by atoms with Crippen molar-refractivity contribution in [2.75, 3.05) is 20.8 Å². The highest BCUT2D eigenvalue weighted by atomic mass is 35.5. The van der Waals surface area contributed by atoms with E-state index in [9.17, 15) is 0 Å². The number of nitrogens with one attached hydrogen (secondary N) is 1. The second-order valence-electron chi connectivity index (χ2n) is 5.36. The first-order chi connectivity index (χ1) is 10.8. The summed E-state index contributed by atoms with van der Waals surface area (Å²) >= 11 is 0. The van der Waals surface area contributed by atoms with Crippen LogP contribution in [0.4, 0.5) is 0 Å². The molecule has 122 valence electrons. The summed E-state index contributed by atoms with van der Waals surface area (Å²) in [7, 11) is 3.35. The molecule has 23 heavy (non-hydrogen) atoms. The summed E-state index contributed by atoms with van der Waals surface area (Å²) in [5.41, 5.74) is 3.78. The van der Waals surface area contributed by atoms with Crippen molar-refractivity contribution in [3.8, 4) is 11.5 Å². The van der Waals surface area contributed by atoms with E-state index in [1.54, 1.807) is 14.2 Å². The van der Waals surface area contributed by atoms with Crippen LogP contribution in [0.15, 0.2) is 48.5 Å². The SMILES string of the molecule is COc1cc2c(cc1OC)C(C=Cc1ccccc1)NCC2.Cl. The molecule has 0 bridgehead atoms. The van der Waals surface area contributed by atoms with Crippen LogP contribution in [-0.4, -0.2) is 20.8 Å². The molecule has 0 saturated carbocycles. The molecule has 1 aliphatic heterocycles. The molecule has 3 nitrogen and oxygen atoms in total. The van der Waals surface area contributed by atoms with Gasteiger partial charge in [-0.3, -0.25) is 0 Å². The molecule has 0 spiro atoms. The molecule has 2 aromatic carbocycles. The summed E-state index contributed by atoms with van der Waals surface area (Å²) in [6, 6.07) is 14.7. The number of benzene rings is 2. The topological polar surface area (TPSA) is 30.5 Å². The van der Waals surface area contributed by atoms with Crippen molar-refractivity contribution in [1.29, 1.82) is 0 Å². The maximum atomic E-state index is 5.44. The van der Waals surface area contributed by atoms with Crippen LogP contribution in [0.3, 0.4) is 0 Å². The minimum Gasteiger partial charge on any atom is -0.493 e. The van der Waals surface area contributed by atoms with Crippen molar-refractivity contribution >= 4 is 18.5 Å². The van der Waals surface area contributed by atoms with E-state index in [0.717, 1.165) is 24.5 Å². The minimum atomic E-state index is 0. The number of hydrogen-bond donors (Lipinski definition) is 1. The molecule has 0 fully saturated rings. The van der Waals surface area contributed by atoms with Gasteiger partial charge in [-0.05, 0) is 35.2 Å². The predicted octanol–water partition coefficient (Wildman–Crippen LogP) is 4.03. The van der Waals surface area contributed by atoms with E-state index in [1.165, 1.54) is 16.7 Å². The third-order valence-corrected chi connectivity index (χ3v) is 4.02. The lowest BCUT2D eigenvalue weighted by molar-refractivity contribution is 0.353. The van der Waals surface area contributed by atoms with Crippen LogP contribution in [0.25, 0.3) is 6.08 Å².